The first-order valence-corrected chi connectivity index (χ1v) is 11.1. The number of carbonyl (C=O) groups excluding carboxylic acids is 1. The Morgan fingerprint density at radius 2 is 1.93 bits per heavy atom. The molecule has 2 saturated carbocycles. The van der Waals surface area contributed by atoms with Crippen LogP contribution in [-0.4, -0.2) is 20.4 Å². The molecule has 4 atom stereocenters. The SMILES string of the molecule is CC1(C)[C@@H]2[C@H](C/C=C\CCCC(=O)[O-])[C@@H](NS(=O)(=O)c3ccccc3)C[C@@H]21.[Na+]. The van der Waals surface area contributed by atoms with Gasteiger partial charge in [-0.3, -0.25) is 0 Å². The molecular formula is C21H28NNaO4S. The Morgan fingerprint density at radius 3 is 2.57 bits per heavy atom. The van der Waals surface area contributed by atoms with E-state index in [0.717, 1.165) is 12.8 Å². The van der Waals surface area contributed by atoms with Crippen molar-refractivity contribution < 1.29 is 47.9 Å². The Labute approximate surface area is 190 Å². The molecule has 1 N–H and O–H groups in total. The van der Waals surface area contributed by atoms with Crippen LogP contribution in [0, 0.1) is 23.2 Å². The molecule has 1 aromatic rings. The molecule has 7 heteroatoms. The summed E-state index contributed by atoms with van der Waals surface area (Å²) in [6.07, 6.45) is 7.15. The summed E-state index contributed by atoms with van der Waals surface area (Å²) in [5.74, 6) is 0.365. The van der Waals surface area contributed by atoms with E-state index in [1.54, 1.807) is 30.3 Å². The fourth-order valence-corrected chi connectivity index (χ4v) is 6.16. The van der Waals surface area contributed by atoms with Crippen molar-refractivity contribution in [2.24, 2.45) is 23.2 Å². The van der Waals surface area contributed by atoms with Gasteiger partial charge in [0, 0.05) is 12.0 Å². The Morgan fingerprint density at radius 1 is 1.25 bits per heavy atom. The average molecular weight is 414 g/mol. The summed E-state index contributed by atoms with van der Waals surface area (Å²) in [5.41, 5.74) is 0.280. The maximum atomic E-state index is 12.7. The number of unbranched alkanes of at least 4 members (excludes halogenated alkanes) is 1. The second kappa shape index (κ2) is 9.43. The van der Waals surface area contributed by atoms with Crippen molar-refractivity contribution >= 4 is 16.0 Å². The van der Waals surface area contributed by atoms with Gasteiger partial charge in [0.25, 0.3) is 0 Å². The zero-order chi connectivity index (χ0) is 19.7. The molecule has 0 heterocycles. The quantitative estimate of drug-likeness (QED) is 0.336. The molecule has 0 amide bonds. The first kappa shape index (κ1) is 23.6. The number of sulfonamides is 1. The van der Waals surface area contributed by atoms with Gasteiger partial charge in [0.1, 0.15) is 0 Å². The van der Waals surface area contributed by atoms with Gasteiger partial charge in [-0.15, -0.1) is 0 Å². The van der Waals surface area contributed by atoms with Gasteiger partial charge in [0.2, 0.25) is 10.0 Å². The number of allylic oxidation sites excluding steroid dienone is 2. The van der Waals surface area contributed by atoms with Gasteiger partial charge in [0.05, 0.1) is 4.90 Å². The van der Waals surface area contributed by atoms with Crippen molar-refractivity contribution in [2.75, 3.05) is 0 Å². The van der Waals surface area contributed by atoms with Crippen molar-refractivity contribution in [1.29, 1.82) is 0 Å². The van der Waals surface area contributed by atoms with Gasteiger partial charge < -0.3 is 9.90 Å². The zero-order valence-corrected chi connectivity index (χ0v) is 19.7. The molecule has 0 aromatic heterocycles. The minimum atomic E-state index is -3.51. The van der Waals surface area contributed by atoms with Crippen LogP contribution in [0.2, 0.25) is 0 Å². The smallest absolute Gasteiger partial charge is 0.550 e. The van der Waals surface area contributed by atoms with E-state index < -0.39 is 16.0 Å². The molecule has 5 nitrogen and oxygen atoms in total. The van der Waals surface area contributed by atoms with Crippen molar-refractivity contribution in [3.8, 4) is 0 Å². The number of aliphatic carboxylic acids is 1. The summed E-state index contributed by atoms with van der Waals surface area (Å²) < 4.78 is 28.3. The van der Waals surface area contributed by atoms with Gasteiger partial charge in [-0.05, 0) is 67.4 Å². The Balaban J connectivity index is 0.00000280. The molecular weight excluding hydrogens is 385 g/mol. The van der Waals surface area contributed by atoms with Crippen molar-refractivity contribution in [3.05, 3.63) is 42.5 Å². The number of benzene rings is 1. The average Bonchev–Trinajstić information content (AvgIpc) is 2.95. The normalized spacial score (nSPS) is 27.9. The molecule has 2 fully saturated rings. The number of fused-ring (bicyclic) bond motifs is 1. The third-order valence-electron chi connectivity index (χ3n) is 6.31. The largest absolute Gasteiger partial charge is 1.00 e. The van der Waals surface area contributed by atoms with Crippen molar-refractivity contribution in [1.82, 2.24) is 4.72 Å². The molecule has 0 spiro atoms. The van der Waals surface area contributed by atoms with E-state index in [0.29, 0.717) is 29.6 Å². The molecule has 0 unspecified atom stereocenters. The van der Waals surface area contributed by atoms with E-state index in [2.05, 4.69) is 24.6 Å². The number of rotatable bonds is 9. The Kier molecular flexibility index (Phi) is 7.96. The molecule has 0 bridgehead atoms. The van der Waals surface area contributed by atoms with Crippen LogP contribution in [0.5, 0.6) is 0 Å². The zero-order valence-electron chi connectivity index (χ0n) is 16.9. The first-order valence-electron chi connectivity index (χ1n) is 9.65. The van der Waals surface area contributed by atoms with Crippen molar-refractivity contribution in [3.63, 3.8) is 0 Å². The molecule has 2 aliphatic carbocycles. The summed E-state index contributed by atoms with van der Waals surface area (Å²) in [7, 11) is -3.51. The molecule has 1 aromatic carbocycles. The van der Waals surface area contributed by atoms with Gasteiger partial charge >= 0.3 is 29.6 Å². The van der Waals surface area contributed by atoms with Crippen LogP contribution in [0.3, 0.4) is 0 Å². The Hall–Kier alpha value is -0.660. The maximum Gasteiger partial charge on any atom is 1.00 e. The van der Waals surface area contributed by atoms with Crippen LogP contribution in [0.15, 0.2) is 47.4 Å². The minimum Gasteiger partial charge on any atom is -0.550 e. The van der Waals surface area contributed by atoms with Gasteiger partial charge in [-0.1, -0.05) is 44.2 Å². The van der Waals surface area contributed by atoms with E-state index in [1.165, 1.54) is 0 Å². The molecule has 3 rings (SSSR count). The third kappa shape index (κ3) is 5.28. The fourth-order valence-electron chi connectivity index (χ4n) is 4.83. The van der Waals surface area contributed by atoms with Crippen LogP contribution in [0.4, 0.5) is 0 Å². The van der Waals surface area contributed by atoms with Crippen LogP contribution in [0.1, 0.15) is 46.0 Å². The maximum absolute atomic E-state index is 12.7. The van der Waals surface area contributed by atoms with E-state index >= 15 is 0 Å². The van der Waals surface area contributed by atoms with Crippen LogP contribution >= 0.6 is 0 Å². The predicted octanol–water partition coefficient (Wildman–Crippen LogP) is -0.504. The predicted molar refractivity (Wildman–Crippen MR) is 102 cm³/mol. The summed E-state index contributed by atoms with van der Waals surface area (Å²) >= 11 is 0. The second-order valence-corrected chi connectivity index (χ2v) is 10.1. The summed E-state index contributed by atoms with van der Waals surface area (Å²) in [6.45, 7) is 4.53. The van der Waals surface area contributed by atoms with E-state index in [1.807, 2.05) is 6.08 Å². The molecule has 148 valence electrons. The standard InChI is InChI=1S/C21H29NO4S.Na/c1-21(2)17-14-18(22-27(25,26)15-10-6-5-7-11-15)16(20(17)21)12-8-3-4-9-13-19(23)24;/h3,5-8,10-11,16-18,20,22H,4,9,12-14H2,1-2H3,(H,23,24);/q;+1/p-1/b8-3-;/t16-,17+,18+,20-;/m1./s1. The number of carboxylic acid groups (broad SMARTS) is 1. The van der Waals surface area contributed by atoms with Gasteiger partial charge in [0.15, 0.2) is 0 Å². The summed E-state index contributed by atoms with van der Waals surface area (Å²) in [5, 5.41) is 10.5. The molecule has 0 aliphatic heterocycles. The number of carboxylic acids is 1. The molecule has 2 aliphatic rings. The number of hydrogen-bond donors (Lipinski definition) is 1. The van der Waals surface area contributed by atoms with Crippen LogP contribution in [0.25, 0.3) is 0 Å². The monoisotopic (exact) mass is 413 g/mol. The summed E-state index contributed by atoms with van der Waals surface area (Å²) in [6, 6.07) is 8.46. The number of hydrogen-bond acceptors (Lipinski definition) is 4. The van der Waals surface area contributed by atoms with Gasteiger partial charge in [-0.2, -0.15) is 0 Å². The topological polar surface area (TPSA) is 86.3 Å². The second-order valence-electron chi connectivity index (χ2n) is 8.37. The fraction of sp³-hybridized carbons (Fsp3) is 0.571. The van der Waals surface area contributed by atoms with E-state index in [-0.39, 0.29) is 53.4 Å². The van der Waals surface area contributed by atoms with Crippen LogP contribution in [-0.2, 0) is 14.8 Å². The molecule has 0 saturated heterocycles. The third-order valence-corrected chi connectivity index (χ3v) is 7.82. The molecule has 0 radical (unpaired) electrons. The van der Waals surface area contributed by atoms with Gasteiger partial charge in [-0.25, -0.2) is 13.1 Å². The van der Waals surface area contributed by atoms with Crippen molar-refractivity contribution in [2.45, 2.75) is 56.9 Å². The number of carbonyl (C=O) groups is 1. The number of nitrogens with one attached hydrogen (secondary N) is 1. The molecule has 28 heavy (non-hydrogen) atoms. The van der Waals surface area contributed by atoms with E-state index in [4.69, 9.17) is 0 Å². The first-order chi connectivity index (χ1) is 12.7. The van der Waals surface area contributed by atoms with Crippen LogP contribution < -0.4 is 39.4 Å². The summed E-state index contributed by atoms with van der Waals surface area (Å²) in [4.78, 5) is 10.8. The van der Waals surface area contributed by atoms with E-state index in [9.17, 15) is 18.3 Å². The minimum absolute atomic E-state index is 0. The Bertz CT molecular complexity index is 807.